The fourth-order valence-corrected chi connectivity index (χ4v) is 4.86. The Kier molecular flexibility index (Phi) is 7.09. The average Bonchev–Trinajstić information content (AvgIpc) is 3.39. The highest BCUT2D eigenvalue weighted by atomic mass is 16.2. The maximum atomic E-state index is 13.2. The number of pyridine rings is 2. The van der Waals surface area contributed by atoms with Crippen molar-refractivity contribution in [2.24, 2.45) is 0 Å². The molecule has 3 N–H and O–H groups in total. The third-order valence-electron chi connectivity index (χ3n) is 6.67. The minimum absolute atomic E-state index is 0.215. The van der Waals surface area contributed by atoms with Crippen LogP contribution in [-0.2, 0) is 6.54 Å². The quantitative estimate of drug-likeness (QED) is 0.273. The molecule has 1 saturated heterocycles. The van der Waals surface area contributed by atoms with Gasteiger partial charge in [0.05, 0.1) is 11.9 Å². The molecule has 5 aromatic rings. The van der Waals surface area contributed by atoms with Crippen LogP contribution in [0.1, 0.15) is 28.9 Å². The van der Waals surface area contributed by atoms with Crippen molar-refractivity contribution in [3.05, 3.63) is 103 Å². The molecule has 4 aromatic heterocycles. The summed E-state index contributed by atoms with van der Waals surface area (Å²) in [5, 5.41) is 14.7. The summed E-state index contributed by atoms with van der Waals surface area (Å²) in [7, 11) is 0. The van der Waals surface area contributed by atoms with Crippen LogP contribution in [0, 0.1) is 0 Å². The number of hydrogen-bond donors (Lipinski definition) is 3. The van der Waals surface area contributed by atoms with Gasteiger partial charge < -0.3 is 16.0 Å². The van der Waals surface area contributed by atoms with Gasteiger partial charge in [0.2, 0.25) is 0 Å². The topological polar surface area (TPSA) is 112 Å². The number of hydrogen-bond acceptors (Lipinski definition) is 8. The van der Waals surface area contributed by atoms with E-state index in [1.54, 1.807) is 35.2 Å². The van der Waals surface area contributed by atoms with Crippen molar-refractivity contribution in [1.29, 1.82) is 0 Å². The first-order valence-electron chi connectivity index (χ1n) is 13.0. The lowest BCUT2D eigenvalue weighted by Gasteiger charge is -2.33. The number of likely N-dealkylation sites (tertiary alicyclic amines) is 1. The molecule has 10 nitrogen and oxygen atoms in total. The van der Waals surface area contributed by atoms with Crippen molar-refractivity contribution in [3.63, 3.8) is 0 Å². The molecule has 0 unspecified atom stereocenters. The first-order valence-corrected chi connectivity index (χ1v) is 13.0. The number of amides is 1. The van der Waals surface area contributed by atoms with Gasteiger partial charge in [-0.1, -0.05) is 36.4 Å². The smallest absolute Gasteiger partial charge is 0.276 e. The maximum absolute atomic E-state index is 13.2. The monoisotopic (exact) mass is 519 g/mol. The second-order valence-corrected chi connectivity index (χ2v) is 9.56. The lowest BCUT2D eigenvalue weighted by atomic mass is 10.0. The molecule has 0 saturated carbocycles. The number of benzene rings is 1. The first kappa shape index (κ1) is 24.5. The van der Waals surface area contributed by atoms with Crippen LogP contribution in [0.4, 0.5) is 23.0 Å². The van der Waals surface area contributed by atoms with Crippen LogP contribution >= 0.6 is 0 Å². The zero-order valence-electron chi connectivity index (χ0n) is 21.4. The lowest BCUT2D eigenvalue weighted by Crippen LogP contribution is -2.41. The fourth-order valence-electron chi connectivity index (χ4n) is 4.86. The Morgan fingerprint density at radius 1 is 0.949 bits per heavy atom. The number of imidazole rings is 1. The SMILES string of the molecule is O=C(Nc1ccncc1)c1cnc2c(Nc3ccccn3)cc(N[C@H]3CCCN(Cc4ccccc4)C3)nn12. The van der Waals surface area contributed by atoms with Crippen LogP contribution in [0.5, 0.6) is 0 Å². The Hall–Kier alpha value is -4.83. The molecule has 0 spiro atoms. The Morgan fingerprint density at radius 3 is 2.62 bits per heavy atom. The number of anilines is 4. The summed E-state index contributed by atoms with van der Waals surface area (Å²) >= 11 is 0. The third-order valence-corrected chi connectivity index (χ3v) is 6.67. The van der Waals surface area contributed by atoms with E-state index >= 15 is 0 Å². The highest BCUT2D eigenvalue weighted by Crippen LogP contribution is 2.25. The van der Waals surface area contributed by atoms with Gasteiger partial charge >= 0.3 is 0 Å². The van der Waals surface area contributed by atoms with E-state index < -0.39 is 0 Å². The number of carbonyl (C=O) groups excluding carboxylic acids is 1. The Morgan fingerprint density at radius 2 is 1.79 bits per heavy atom. The molecule has 0 aliphatic carbocycles. The summed E-state index contributed by atoms with van der Waals surface area (Å²) in [6.45, 7) is 2.88. The van der Waals surface area contributed by atoms with E-state index in [1.165, 1.54) is 11.8 Å². The fraction of sp³-hybridized carbons (Fsp3) is 0.207. The molecule has 0 bridgehead atoms. The van der Waals surface area contributed by atoms with Crippen LogP contribution in [-0.4, -0.2) is 54.5 Å². The molecule has 10 heteroatoms. The molecule has 1 aromatic carbocycles. The molecular weight excluding hydrogens is 490 g/mol. The Balaban J connectivity index is 1.28. The largest absolute Gasteiger partial charge is 0.365 e. The summed E-state index contributed by atoms with van der Waals surface area (Å²) in [6.07, 6.45) is 8.65. The van der Waals surface area contributed by atoms with E-state index in [0.29, 0.717) is 34.4 Å². The van der Waals surface area contributed by atoms with Crippen molar-refractivity contribution in [3.8, 4) is 0 Å². The van der Waals surface area contributed by atoms with Crippen molar-refractivity contribution in [1.82, 2.24) is 29.5 Å². The van der Waals surface area contributed by atoms with Crippen molar-refractivity contribution in [2.75, 3.05) is 29.0 Å². The summed E-state index contributed by atoms with van der Waals surface area (Å²) in [5.74, 6) is 1.02. The molecule has 1 aliphatic rings. The summed E-state index contributed by atoms with van der Waals surface area (Å²) < 4.78 is 1.58. The van der Waals surface area contributed by atoms with Crippen LogP contribution in [0.15, 0.2) is 91.5 Å². The van der Waals surface area contributed by atoms with E-state index in [0.717, 1.165) is 32.5 Å². The summed E-state index contributed by atoms with van der Waals surface area (Å²) in [4.78, 5) is 28.6. The highest BCUT2D eigenvalue weighted by Gasteiger charge is 2.22. The first-order chi connectivity index (χ1) is 19.2. The summed E-state index contributed by atoms with van der Waals surface area (Å²) in [6, 6.07) is 21.8. The van der Waals surface area contributed by atoms with Crippen LogP contribution in [0.25, 0.3) is 5.65 Å². The number of piperidine rings is 1. The molecule has 1 amide bonds. The molecule has 1 atom stereocenters. The van der Waals surface area contributed by atoms with Crippen molar-refractivity contribution >= 4 is 34.6 Å². The maximum Gasteiger partial charge on any atom is 0.276 e. The van der Waals surface area contributed by atoms with Gasteiger partial charge in [-0.3, -0.25) is 14.7 Å². The van der Waals surface area contributed by atoms with Gasteiger partial charge in [-0.2, -0.15) is 0 Å². The van der Waals surface area contributed by atoms with Gasteiger partial charge in [0.15, 0.2) is 11.3 Å². The number of aromatic nitrogens is 5. The summed E-state index contributed by atoms with van der Waals surface area (Å²) in [5.41, 5.74) is 3.50. The second kappa shape index (κ2) is 11.3. The van der Waals surface area contributed by atoms with Gasteiger partial charge in [0.25, 0.3) is 5.91 Å². The van der Waals surface area contributed by atoms with Crippen molar-refractivity contribution < 1.29 is 4.79 Å². The Labute approximate surface area is 226 Å². The molecular formula is C29H29N9O. The van der Waals surface area contributed by atoms with Crippen LogP contribution in [0.2, 0.25) is 0 Å². The van der Waals surface area contributed by atoms with Gasteiger partial charge in [0.1, 0.15) is 11.6 Å². The van der Waals surface area contributed by atoms with E-state index in [2.05, 4.69) is 60.1 Å². The average molecular weight is 520 g/mol. The second-order valence-electron chi connectivity index (χ2n) is 9.56. The number of nitrogens with one attached hydrogen (secondary N) is 3. The van der Waals surface area contributed by atoms with Gasteiger partial charge in [-0.15, -0.1) is 5.10 Å². The third kappa shape index (κ3) is 5.86. The number of rotatable bonds is 8. The molecule has 1 fully saturated rings. The predicted octanol–water partition coefficient (Wildman–Crippen LogP) is 4.59. The van der Waals surface area contributed by atoms with E-state index in [-0.39, 0.29) is 11.9 Å². The number of nitrogens with zero attached hydrogens (tertiary/aromatic N) is 6. The van der Waals surface area contributed by atoms with Crippen LogP contribution < -0.4 is 16.0 Å². The normalized spacial score (nSPS) is 15.6. The minimum atomic E-state index is -0.311. The van der Waals surface area contributed by atoms with E-state index in [1.807, 2.05) is 30.3 Å². The van der Waals surface area contributed by atoms with Gasteiger partial charge in [-0.05, 0) is 49.2 Å². The highest BCUT2D eigenvalue weighted by molar-refractivity contribution is 6.03. The standard InChI is InChI=1S/C29H29N9O/c39-29(34-22-11-14-30-15-12-22)25-18-32-28-24(35-26-10-4-5-13-31-26)17-27(36-38(25)28)33-23-9-6-16-37(20-23)19-21-7-2-1-3-8-21/h1-5,7-8,10-15,17-18,23H,6,9,16,19-20H2,(H,31,35)(H,33,36)(H,30,34,39)/t23-/m0/s1. The predicted molar refractivity (Wildman–Crippen MR) is 151 cm³/mol. The molecule has 6 rings (SSSR count). The molecule has 1 aliphatic heterocycles. The van der Waals surface area contributed by atoms with Crippen LogP contribution in [0.3, 0.4) is 0 Å². The zero-order valence-corrected chi connectivity index (χ0v) is 21.4. The minimum Gasteiger partial charge on any atom is -0.365 e. The van der Waals surface area contributed by atoms with Crippen molar-refractivity contribution in [2.45, 2.75) is 25.4 Å². The lowest BCUT2D eigenvalue weighted by molar-refractivity contribution is 0.102. The van der Waals surface area contributed by atoms with E-state index in [9.17, 15) is 4.79 Å². The number of fused-ring (bicyclic) bond motifs is 1. The molecule has 39 heavy (non-hydrogen) atoms. The van der Waals surface area contributed by atoms with E-state index in [4.69, 9.17) is 5.10 Å². The molecule has 196 valence electrons. The molecule has 5 heterocycles. The van der Waals surface area contributed by atoms with Gasteiger partial charge in [0, 0.05) is 49.5 Å². The number of carbonyl (C=O) groups is 1. The van der Waals surface area contributed by atoms with Gasteiger partial charge in [-0.25, -0.2) is 14.5 Å². The zero-order chi connectivity index (χ0) is 26.4. The molecule has 0 radical (unpaired) electrons. The Bertz CT molecular complexity index is 1540.